The summed E-state index contributed by atoms with van der Waals surface area (Å²) in [6, 6.07) is 4.22. The summed E-state index contributed by atoms with van der Waals surface area (Å²) in [5.74, 6) is 5.37. The lowest BCUT2D eigenvalue weighted by Gasteiger charge is -2.17. The number of nitrogens with zero attached hydrogens (tertiary/aromatic N) is 1. The van der Waals surface area contributed by atoms with E-state index in [2.05, 4.69) is 17.1 Å². The van der Waals surface area contributed by atoms with Gasteiger partial charge in [0, 0.05) is 27.3 Å². The minimum atomic E-state index is 0.519. The van der Waals surface area contributed by atoms with Crippen LogP contribution in [0, 0.1) is 0 Å². The second-order valence-electron chi connectivity index (χ2n) is 8.34. The first-order chi connectivity index (χ1) is 17.8. The Morgan fingerprint density at radius 2 is 1.06 bits per heavy atom. The first-order valence-corrected chi connectivity index (χ1v) is 14.1. The third-order valence-electron chi connectivity index (χ3n) is 6.25. The largest absolute Gasteiger partial charge is 0.485 e. The number of nitrogens with one attached hydrogen (secondary N) is 1. The maximum atomic E-state index is 6.01. The van der Waals surface area contributed by atoms with E-state index >= 15 is 0 Å². The van der Waals surface area contributed by atoms with Crippen LogP contribution < -0.4 is 28.4 Å². The molecule has 8 nitrogen and oxygen atoms in total. The fourth-order valence-corrected chi connectivity index (χ4v) is 7.49. The van der Waals surface area contributed by atoms with Crippen molar-refractivity contribution in [2.75, 3.05) is 39.6 Å². The van der Waals surface area contributed by atoms with E-state index in [0.717, 1.165) is 77.1 Å². The summed E-state index contributed by atoms with van der Waals surface area (Å²) in [5, 5.41) is 5.97. The van der Waals surface area contributed by atoms with Gasteiger partial charge < -0.3 is 33.4 Å². The number of ether oxygens (including phenoxy) is 6. The summed E-state index contributed by atoms with van der Waals surface area (Å²) in [5.41, 5.74) is 3.76. The number of rotatable bonds is 3. The van der Waals surface area contributed by atoms with Crippen LogP contribution in [0.4, 0.5) is 0 Å². The van der Waals surface area contributed by atoms with Gasteiger partial charge in [-0.05, 0) is 0 Å². The van der Waals surface area contributed by atoms with E-state index in [4.69, 9.17) is 33.4 Å². The number of aromatic nitrogens is 2. The maximum absolute atomic E-state index is 6.01. The summed E-state index contributed by atoms with van der Waals surface area (Å²) >= 11 is 4.77. The van der Waals surface area contributed by atoms with Crippen LogP contribution in [0.25, 0.3) is 42.6 Å². The lowest BCUT2D eigenvalue weighted by atomic mass is 10.0. The Balaban J connectivity index is 1.36. The highest BCUT2D eigenvalue weighted by Gasteiger charge is 2.28. The smallest absolute Gasteiger partial charge is 0.183 e. The lowest BCUT2D eigenvalue weighted by Crippen LogP contribution is -2.14. The highest BCUT2D eigenvalue weighted by Crippen LogP contribution is 2.52. The van der Waals surface area contributed by atoms with Gasteiger partial charge >= 0.3 is 0 Å². The second kappa shape index (κ2) is 8.05. The van der Waals surface area contributed by atoms with Gasteiger partial charge in [0.2, 0.25) is 0 Å². The Bertz CT molecular complexity index is 1540. The van der Waals surface area contributed by atoms with Gasteiger partial charge in [-0.3, -0.25) is 0 Å². The van der Waals surface area contributed by atoms with Crippen LogP contribution in [-0.4, -0.2) is 49.6 Å². The third-order valence-corrected chi connectivity index (χ3v) is 9.14. The fourth-order valence-electron chi connectivity index (χ4n) is 4.70. The van der Waals surface area contributed by atoms with Gasteiger partial charge in [-0.25, -0.2) is 4.98 Å². The summed E-state index contributed by atoms with van der Waals surface area (Å²) in [6.45, 7) is 3.24. The molecule has 1 aromatic carbocycles. The molecular formula is C25H18N2O6S3. The molecular weight excluding hydrogens is 520 g/mol. The zero-order valence-electron chi connectivity index (χ0n) is 18.8. The molecule has 7 heterocycles. The predicted molar refractivity (Wildman–Crippen MR) is 139 cm³/mol. The Kier molecular flexibility index (Phi) is 4.64. The molecule has 182 valence electrons. The van der Waals surface area contributed by atoms with Gasteiger partial charge in [-0.15, -0.1) is 34.0 Å². The van der Waals surface area contributed by atoms with Crippen LogP contribution in [-0.2, 0) is 0 Å². The standard InChI is InChI=1S/C25H18N2O6S3/c1-2-13(23-20-15(10-35-23)29-4-7-32-20)18-17(12(1)22-19-14(9-34-22)28-3-6-31-19)26-25(27-18)24-21-16(11-36-24)30-5-8-33-21/h1-2,9-11H,3-8H2,(H,26,27). The van der Waals surface area contributed by atoms with E-state index in [-0.39, 0.29) is 0 Å². The highest BCUT2D eigenvalue weighted by molar-refractivity contribution is 7.15. The first-order valence-electron chi connectivity index (χ1n) is 11.5. The highest BCUT2D eigenvalue weighted by atomic mass is 32.1. The van der Waals surface area contributed by atoms with Gasteiger partial charge in [0.15, 0.2) is 40.3 Å². The Morgan fingerprint density at radius 3 is 1.67 bits per heavy atom. The molecule has 11 heteroatoms. The molecule has 0 saturated carbocycles. The van der Waals surface area contributed by atoms with Gasteiger partial charge in [0.25, 0.3) is 0 Å². The number of hydrogen-bond donors (Lipinski definition) is 1. The molecule has 0 fully saturated rings. The normalized spacial score (nSPS) is 15.9. The SMILES string of the molecule is c1sc(-c2nc3c(-c4scc5c4OCCO5)ccc(-c4scc5c4OCCO5)c3[nH]2)c2c1OCCO2. The average Bonchev–Trinajstić information content (AvgIpc) is 3.72. The van der Waals surface area contributed by atoms with Crippen molar-refractivity contribution < 1.29 is 28.4 Å². The second-order valence-corrected chi connectivity index (χ2v) is 11.0. The Labute approximate surface area is 216 Å². The molecule has 0 aliphatic carbocycles. The summed E-state index contributed by atoms with van der Waals surface area (Å²) in [4.78, 5) is 11.6. The topological polar surface area (TPSA) is 84.1 Å². The molecule has 0 spiro atoms. The van der Waals surface area contributed by atoms with Crippen LogP contribution in [0.5, 0.6) is 34.5 Å². The number of thiophene rings is 3. The average molecular weight is 539 g/mol. The number of H-pyrrole nitrogens is 1. The van der Waals surface area contributed by atoms with Gasteiger partial charge in [-0.1, -0.05) is 12.1 Å². The van der Waals surface area contributed by atoms with E-state index in [0.29, 0.717) is 39.6 Å². The summed E-state index contributed by atoms with van der Waals surface area (Å²) in [7, 11) is 0. The van der Waals surface area contributed by atoms with E-state index in [1.54, 1.807) is 34.0 Å². The minimum absolute atomic E-state index is 0.519. The summed E-state index contributed by atoms with van der Waals surface area (Å²) < 4.78 is 35.4. The first kappa shape index (κ1) is 20.7. The number of benzene rings is 1. The number of aromatic amines is 1. The van der Waals surface area contributed by atoms with E-state index in [9.17, 15) is 0 Å². The lowest BCUT2D eigenvalue weighted by molar-refractivity contribution is 0.174. The minimum Gasteiger partial charge on any atom is -0.485 e. The van der Waals surface area contributed by atoms with E-state index in [1.807, 2.05) is 16.1 Å². The zero-order chi connectivity index (χ0) is 23.6. The Morgan fingerprint density at radius 1 is 0.583 bits per heavy atom. The van der Waals surface area contributed by atoms with Gasteiger partial charge in [0.1, 0.15) is 44.5 Å². The molecule has 5 aromatic rings. The molecule has 0 saturated heterocycles. The molecule has 3 aliphatic rings. The fraction of sp³-hybridized carbons (Fsp3) is 0.240. The van der Waals surface area contributed by atoms with Crippen molar-refractivity contribution in [2.24, 2.45) is 0 Å². The maximum Gasteiger partial charge on any atom is 0.183 e. The molecule has 8 rings (SSSR count). The third kappa shape index (κ3) is 3.06. The summed E-state index contributed by atoms with van der Waals surface area (Å²) in [6.07, 6.45) is 0. The van der Waals surface area contributed by atoms with Crippen LogP contribution in [0.3, 0.4) is 0 Å². The van der Waals surface area contributed by atoms with Crippen LogP contribution >= 0.6 is 34.0 Å². The molecule has 0 atom stereocenters. The van der Waals surface area contributed by atoms with Crippen molar-refractivity contribution >= 4 is 45.0 Å². The van der Waals surface area contributed by atoms with Gasteiger partial charge in [-0.2, -0.15) is 0 Å². The van der Waals surface area contributed by atoms with E-state index < -0.39 is 0 Å². The van der Waals surface area contributed by atoms with Crippen LogP contribution in [0.15, 0.2) is 28.3 Å². The van der Waals surface area contributed by atoms with Crippen LogP contribution in [0.2, 0.25) is 0 Å². The number of hydrogen-bond acceptors (Lipinski definition) is 10. The molecule has 3 aliphatic heterocycles. The molecule has 0 radical (unpaired) electrons. The zero-order valence-corrected chi connectivity index (χ0v) is 21.2. The van der Waals surface area contributed by atoms with Crippen molar-refractivity contribution in [1.29, 1.82) is 0 Å². The predicted octanol–water partition coefficient (Wildman–Crippen LogP) is 6.06. The van der Waals surface area contributed by atoms with Crippen molar-refractivity contribution in [3.8, 4) is 66.1 Å². The van der Waals surface area contributed by atoms with Crippen molar-refractivity contribution in [3.63, 3.8) is 0 Å². The van der Waals surface area contributed by atoms with E-state index in [1.165, 1.54) is 0 Å². The molecule has 4 aromatic heterocycles. The Hall–Kier alpha value is -3.41. The van der Waals surface area contributed by atoms with Crippen molar-refractivity contribution in [2.45, 2.75) is 0 Å². The molecule has 1 N–H and O–H groups in total. The van der Waals surface area contributed by atoms with Gasteiger partial charge in [0.05, 0.1) is 20.8 Å². The monoisotopic (exact) mass is 538 g/mol. The van der Waals surface area contributed by atoms with Crippen molar-refractivity contribution in [3.05, 3.63) is 28.3 Å². The number of fused-ring (bicyclic) bond motifs is 4. The number of imidazole rings is 1. The van der Waals surface area contributed by atoms with Crippen molar-refractivity contribution in [1.82, 2.24) is 9.97 Å². The van der Waals surface area contributed by atoms with Crippen LogP contribution in [0.1, 0.15) is 0 Å². The molecule has 0 unspecified atom stereocenters. The molecule has 36 heavy (non-hydrogen) atoms. The quantitative estimate of drug-likeness (QED) is 0.299. The molecule has 0 amide bonds. The molecule has 0 bridgehead atoms.